The zero-order valence-electron chi connectivity index (χ0n) is 17.0. The summed E-state index contributed by atoms with van der Waals surface area (Å²) in [6.45, 7) is 3.45. The molecule has 1 unspecified atom stereocenters. The van der Waals surface area contributed by atoms with Crippen LogP contribution in [-0.4, -0.2) is 49.9 Å². The molecule has 2 aliphatic rings. The first-order valence-corrected chi connectivity index (χ1v) is 10.1. The Morgan fingerprint density at radius 2 is 1.87 bits per heavy atom. The first-order valence-electron chi connectivity index (χ1n) is 10.1. The molecule has 9 heteroatoms. The third-order valence-corrected chi connectivity index (χ3v) is 6.21. The highest BCUT2D eigenvalue weighted by Gasteiger charge is 2.37. The molecule has 0 radical (unpaired) electrons. The van der Waals surface area contributed by atoms with Crippen LogP contribution in [0.1, 0.15) is 58.6 Å². The molecule has 4 rings (SSSR count). The smallest absolute Gasteiger partial charge is 0.379 e. The largest absolute Gasteiger partial charge is 0.416 e. The van der Waals surface area contributed by atoms with Gasteiger partial charge in [-0.1, -0.05) is 18.2 Å². The fraction of sp³-hybridized carbons (Fsp3) is 0.524. The quantitative estimate of drug-likeness (QED) is 0.826. The van der Waals surface area contributed by atoms with Crippen LogP contribution in [0.5, 0.6) is 0 Å². The van der Waals surface area contributed by atoms with Crippen LogP contribution in [0.4, 0.5) is 13.2 Å². The molecule has 1 aromatic carbocycles. The number of aromatic nitrogens is 2. The van der Waals surface area contributed by atoms with E-state index in [9.17, 15) is 23.1 Å². The molecular weight excluding hydrogens is 397 g/mol. The van der Waals surface area contributed by atoms with Gasteiger partial charge < -0.3 is 10.0 Å². The SMILES string of the molecule is CC(O)N1Cc2c(C(=O)N3CCC(c4ccccc4C(F)(F)F)CC3)nn(C)c2C1. The Bertz CT molecular complexity index is 946. The van der Waals surface area contributed by atoms with Crippen LogP contribution in [0.3, 0.4) is 0 Å². The molecule has 162 valence electrons. The lowest BCUT2D eigenvalue weighted by Gasteiger charge is -2.33. The number of alkyl halides is 3. The summed E-state index contributed by atoms with van der Waals surface area (Å²) in [5.74, 6) is -0.422. The molecule has 0 aliphatic carbocycles. The zero-order valence-corrected chi connectivity index (χ0v) is 17.0. The minimum atomic E-state index is -4.38. The van der Waals surface area contributed by atoms with Gasteiger partial charge in [-0.3, -0.25) is 14.4 Å². The van der Waals surface area contributed by atoms with Crippen molar-refractivity contribution in [3.63, 3.8) is 0 Å². The zero-order chi connectivity index (χ0) is 21.6. The van der Waals surface area contributed by atoms with Crippen molar-refractivity contribution in [1.29, 1.82) is 0 Å². The minimum Gasteiger partial charge on any atom is -0.379 e. The summed E-state index contributed by atoms with van der Waals surface area (Å²) < 4.78 is 41.7. The Morgan fingerprint density at radius 1 is 1.20 bits per heavy atom. The fourth-order valence-corrected chi connectivity index (χ4v) is 4.51. The maximum absolute atomic E-state index is 13.4. The average molecular weight is 422 g/mol. The van der Waals surface area contributed by atoms with Gasteiger partial charge in [0.25, 0.3) is 5.91 Å². The van der Waals surface area contributed by atoms with Gasteiger partial charge in [0.05, 0.1) is 11.3 Å². The molecule has 6 nitrogen and oxygen atoms in total. The predicted molar refractivity (Wildman–Crippen MR) is 103 cm³/mol. The fourth-order valence-electron chi connectivity index (χ4n) is 4.51. The molecule has 0 saturated carbocycles. The highest BCUT2D eigenvalue weighted by molar-refractivity contribution is 5.94. The lowest BCUT2D eigenvalue weighted by atomic mass is 9.86. The molecule has 1 aromatic heterocycles. The van der Waals surface area contributed by atoms with Crippen LogP contribution in [0, 0.1) is 0 Å². The molecule has 2 aliphatic heterocycles. The normalized spacial score (nSPS) is 19.2. The monoisotopic (exact) mass is 422 g/mol. The third kappa shape index (κ3) is 3.72. The number of fused-ring (bicyclic) bond motifs is 1. The molecule has 1 N–H and O–H groups in total. The van der Waals surface area contributed by atoms with E-state index >= 15 is 0 Å². The van der Waals surface area contributed by atoms with Crippen LogP contribution < -0.4 is 0 Å². The number of halogens is 3. The lowest BCUT2D eigenvalue weighted by Crippen LogP contribution is -2.39. The number of aliphatic hydroxyl groups is 1. The molecule has 30 heavy (non-hydrogen) atoms. The van der Waals surface area contributed by atoms with Crippen molar-refractivity contribution in [2.45, 2.75) is 51.2 Å². The van der Waals surface area contributed by atoms with Crippen LogP contribution >= 0.6 is 0 Å². The van der Waals surface area contributed by atoms with Gasteiger partial charge in [0, 0.05) is 38.8 Å². The summed E-state index contributed by atoms with van der Waals surface area (Å²) in [5.41, 5.74) is 1.84. The maximum atomic E-state index is 13.4. The van der Waals surface area contributed by atoms with Crippen molar-refractivity contribution in [3.8, 4) is 0 Å². The Morgan fingerprint density at radius 3 is 2.50 bits per heavy atom. The maximum Gasteiger partial charge on any atom is 0.416 e. The van der Waals surface area contributed by atoms with Gasteiger partial charge in [-0.25, -0.2) is 0 Å². The molecule has 0 spiro atoms. The van der Waals surface area contributed by atoms with Crippen molar-refractivity contribution in [3.05, 3.63) is 52.3 Å². The van der Waals surface area contributed by atoms with E-state index in [1.54, 1.807) is 35.7 Å². The molecule has 1 fully saturated rings. The molecule has 1 atom stereocenters. The molecular formula is C21H25F3N4O2. The van der Waals surface area contributed by atoms with Crippen LogP contribution in [0.25, 0.3) is 0 Å². The van der Waals surface area contributed by atoms with E-state index in [-0.39, 0.29) is 11.8 Å². The highest BCUT2D eigenvalue weighted by atomic mass is 19.4. The topological polar surface area (TPSA) is 61.6 Å². The number of hydrogen-bond acceptors (Lipinski definition) is 4. The molecule has 1 amide bonds. The predicted octanol–water partition coefficient (Wildman–Crippen LogP) is 3.11. The second-order valence-electron chi connectivity index (χ2n) is 8.09. The van der Waals surface area contributed by atoms with E-state index in [2.05, 4.69) is 5.10 Å². The van der Waals surface area contributed by atoms with Gasteiger partial charge in [-0.15, -0.1) is 0 Å². The Hall–Kier alpha value is -2.39. The number of aliphatic hydroxyl groups excluding tert-OH is 1. The van der Waals surface area contributed by atoms with Gasteiger partial charge in [0.2, 0.25) is 0 Å². The summed E-state index contributed by atoms with van der Waals surface area (Å²) in [6, 6.07) is 5.70. The number of likely N-dealkylation sites (tertiary alicyclic amines) is 1. The van der Waals surface area contributed by atoms with Crippen LogP contribution in [0.15, 0.2) is 24.3 Å². The number of carbonyl (C=O) groups is 1. The van der Waals surface area contributed by atoms with Crippen molar-refractivity contribution in [1.82, 2.24) is 19.6 Å². The van der Waals surface area contributed by atoms with E-state index in [4.69, 9.17) is 0 Å². The van der Waals surface area contributed by atoms with Crippen molar-refractivity contribution in [2.75, 3.05) is 13.1 Å². The number of aryl methyl sites for hydroxylation is 1. The number of benzene rings is 1. The Kier molecular flexibility index (Phi) is 5.36. The second-order valence-corrected chi connectivity index (χ2v) is 8.09. The first-order chi connectivity index (χ1) is 14.2. The van der Waals surface area contributed by atoms with E-state index in [1.807, 2.05) is 4.90 Å². The third-order valence-electron chi connectivity index (χ3n) is 6.21. The number of amides is 1. The van der Waals surface area contributed by atoms with Crippen molar-refractivity contribution >= 4 is 5.91 Å². The van der Waals surface area contributed by atoms with Gasteiger partial charge in [-0.05, 0) is 37.3 Å². The standard InChI is InChI=1S/C21H25F3N4O2/c1-13(29)28-11-16-18(12-28)26(2)25-19(16)20(30)27-9-7-14(8-10-27)15-5-3-4-6-17(15)21(22,23)24/h3-6,13-14,29H,7-12H2,1-2H3. The first kappa shape index (κ1) is 20.9. The lowest BCUT2D eigenvalue weighted by molar-refractivity contribution is -0.138. The molecule has 3 heterocycles. The number of piperidine rings is 1. The summed E-state index contributed by atoms with van der Waals surface area (Å²) >= 11 is 0. The van der Waals surface area contributed by atoms with Crippen molar-refractivity contribution in [2.24, 2.45) is 7.05 Å². The summed E-state index contributed by atoms with van der Waals surface area (Å²) in [5, 5.41) is 14.2. The summed E-state index contributed by atoms with van der Waals surface area (Å²) in [7, 11) is 1.78. The second kappa shape index (κ2) is 7.70. The van der Waals surface area contributed by atoms with Gasteiger partial charge in [-0.2, -0.15) is 18.3 Å². The molecule has 0 bridgehead atoms. The number of nitrogens with zero attached hydrogens (tertiary/aromatic N) is 4. The average Bonchev–Trinajstić information content (AvgIpc) is 3.28. The van der Waals surface area contributed by atoms with Gasteiger partial charge >= 0.3 is 6.18 Å². The van der Waals surface area contributed by atoms with E-state index in [0.717, 1.165) is 17.3 Å². The Balaban J connectivity index is 1.48. The van der Waals surface area contributed by atoms with Gasteiger partial charge in [0.15, 0.2) is 5.69 Å². The number of hydrogen-bond donors (Lipinski definition) is 1. The van der Waals surface area contributed by atoms with E-state index in [1.165, 1.54) is 6.07 Å². The summed E-state index contributed by atoms with van der Waals surface area (Å²) in [4.78, 5) is 16.6. The number of carbonyl (C=O) groups excluding carboxylic acids is 1. The van der Waals surface area contributed by atoms with E-state index in [0.29, 0.717) is 50.3 Å². The van der Waals surface area contributed by atoms with Crippen LogP contribution in [0.2, 0.25) is 0 Å². The molecule has 1 saturated heterocycles. The number of rotatable bonds is 3. The minimum absolute atomic E-state index is 0.193. The Labute approximate surface area is 172 Å². The summed E-state index contributed by atoms with van der Waals surface area (Å²) in [6.07, 6.45) is -4.04. The highest BCUT2D eigenvalue weighted by Crippen LogP contribution is 2.39. The van der Waals surface area contributed by atoms with Gasteiger partial charge in [0.1, 0.15) is 6.23 Å². The van der Waals surface area contributed by atoms with Crippen molar-refractivity contribution < 1.29 is 23.1 Å². The van der Waals surface area contributed by atoms with E-state index < -0.39 is 18.0 Å². The molecule has 2 aromatic rings. The van der Waals surface area contributed by atoms with Crippen LogP contribution in [-0.2, 0) is 26.3 Å².